The first-order chi connectivity index (χ1) is 12.8. The number of ketones is 1. The van der Waals surface area contributed by atoms with Crippen LogP contribution in [0.4, 0.5) is 0 Å². The molecule has 2 rings (SSSR count). The van der Waals surface area contributed by atoms with Crippen LogP contribution in [0.2, 0.25) is 0 Å². The zero-order valence-corrected chi connectivity index (χ0v) is 16.3. The second kappa shape index (κ2) is 9.13. The van der Waals surface area contributed by atoms with Gasteiger partial charge in [0, 0.05) is 30.6 Å². The molecule has 0 amide bonds. The third kappa shape index (κ3) is 4.95. The second-order valence-electron chi connectivity index (χ2n) is 7.16. The Labute approximate surface area is 160 Å². The Morgan fingerprint density at radius 1 is 1.33 bits per heavy atom. The molecule has 4 unspecified atom stereocenters. The molecule has 1 fully saturated rings. The maximum atomic E-state index is 12.5. The fraction of sp³-hybridized carbons (Fsp3) is 0.571. The summed E-state index contributed by atoms with van der Waals surface area (Å²) >= 11 is 0. The maximum Gasteiger partial charge on any atom is 0.334 e. The van der Waals surface area contributed by atoms with E-state index in [2.05, 4.69) is 13.2 Å². The van der Waals surface area contributed by atoms with Crippen LogP contribution in [0.15, 0.2) is 36.0 Å². The summed E-state index contributed by atoms with van der Waals surface area (Å²) < 4.78 is 16.2. The molecule has 0 spiro atoms. The van der Waals surface area contributed by atoms with Crippen molar-refractivity contribution < 1.29 is 28.6 Å². The molecular formula is C21H28O6. The van der Waals surface area contributed by atoms with Crippen molar-refractivity contribution in [2.75, 3.05) is 13.7 Å². The lowest BCUT2D eigenvalue weighted by atomic mass is 9.85. The standard InChI is InChI=1S/C21H28O6/c1-6-12(2)20(23)26-11-15-7-8-18(25-5)14(4)17(22)10-16-13(3)21(24)27-19(16)9-15/h9,12,16,18-19H,3-4,6-8,10-11H2,1-2,5H3. The molecule has 0 saturated carbocycles. The highest BCUT2D eigenvalue weighted by Gasteiger charge is 2.40. The van der Waals surface area contributed by atoms with Gasteiger partial charge in [0.05, 0.1) is 12.0 Å². The summed E-state index contributed by atoms with van der Waals surface area (Å²) in [4.78, 5) is 36.5. The highest BCUT2D eigenvalue weighted by molar-refractivity contribution is 5.98. The van der Waals surface area contributed by atoms with Crippen molar-refractivity contribution in [1.82, 2.24) is 0 Å². The van der Waals surface area contributed by atoms with Crippen molar-refractivity contribution in [1.29, 1.82) is 0 Å². The molecule has 0 bridgehead atoms. The van der Waals surface area contributed by atoms with Gasteiger partial charge in [0.25, 0.3) is 0 Å². The van der Waals surface area contributed by atoms with Gasteiger partial charge in [-0.1, -0.05) is 27.0 Å². The Balaban J connectivity index is 2.26. The van der Waals surface area contributed by atoms with Gasteiger partial charge in [0.15, 0.2) is 5.78 Å². The SMILES string of the molecule is C=C1C(=O)CC2C(=C)C(=O)OC2C=C(COC(=O)C(C)CC)CCC1OC. The van der Waals surface area contributed by atoms with E-state index in [9.17, 15) is 14.4 Å². The minimum Gasteiger partial charge on any atom is -0.461 e. The number of carbonyl (C=O) groups is 3. The molecule has 0 aromatic rings. The van der Waals surface area contributed by atoms with Crippen LogP contribution in [-0.4, -0.2) is 43.6 Å². The summed E-state index contributed by atoms with van der Waals surface area (Å²) in [5.74, 6) is -1.54. The topological polar surface area (TPSA) is 78.9 Å². The Morgan fingerprint density at radius 2 is 2.04 bits per heavy atom. The summed E-state index contributed by atoms with van der Waals surface area (Å²) in [7, 11) is 1.53. The molecule has 2 aliphatic rings. The van der Waals surface area contributed by atoms with Gasteiger partial charge in [0.1, 0.15) is 12.7 Å². The number of fused-ring (bicyclic) bond motifs is 1. The number of hydrogen-bond acceptors (Lipinski definition) is 6. The van der Waals surface area contributed by atoms with E-state index >= 15 is 0 Å². The summed E-state index contributed by atoms with van der Waals surface area (Å²) in [6.07, 6.45) is 2.63. The molecule has 1 aliphatic heterocycles. The van der Waals surface area contributed by atoms with Crippen LogP contribution in [0.1, 0.15) is 39.5 Å². The molecule has 1 saturated heterocycles. The first kappa shape index (κ1) is 21.1. The summed E-state index contributed by atoms with van der Waals surface area (Å²) in [6.45, 7) is 11.5. The molecule has 0 aromatic heterocycles. The number of methoxy groups -OCH3 is 1. The monoisotopic (exact) mass is 376 g/mol. The average molecular weight is 376 g/mol. The number of rotatable bonds is 5. The molecule has 0 N–H and O–H groups in total. The quantitative estimate of drug-likeness (QED) is 0.417. The van der Waals surface area contributed by atoms with Crippen LogP contribution in [-0.2, 0) is 28.6 Å². The second-order valence-corrected chi connectivity index (χ2v) is 7.16. The average Bonchev–Trinajstić information content (AvgIpc) is 2.91. The van der Waals surface area contributed by atoms with Gasteiger partial charge in [-0.25, -0.2) is 4.79 Å². The van der Waals surface area contributed by atoms with Crippen LogP contribution in [0.3, 0.4) is 0 Å². The zero-order chi connectivity index (χ0) is 20.1. The van der Waals surface area contributed by atoms with Gasteiger partial charge in [-0.15, -0.1) is 0 Å². The van der Waals surface area contributed by atoms with Crippen LogP contribution < -0.4 is 0 Å². The van der Waals surface area contributed by atoms with E-state index in [1.807, 2.05) is 13.8 Å². The first-order valence-corrected chi connectivity index (χ1v) is 9.29. The van der Waals surface area contributed by atoms with Crippen molar-refractivity contribution in [3.8, 4) is 0 Å². The molecule has 0 aromatic carbocycles. The van der Waals surface area contributed by atoms with Crippen molar-refractivity contribution in [2.24, 2.45) is 11.8 Å². The lowest BCUT2D eigenvalue weighted by Gasteiger charge is -2.23. The Morgan fingerprint density at radius 3 is 2.67 bits per heavy atom. The van der Waals surface area contributed by atoms with Gasteiger partial charge < -0.3 is 14.2 Å². The van der Waals surface area contributed by atoms with E-state index in [1.165, 1.54) is 7.11 Å². The highest BCUT2D eigenvalue weighted by Crippen LogP contribution is 2.34. The normalized spacial score (nSPS) is 27.5. The predicted molar refractivity (Wildman–Crippen MR) is 99.8 cm³/mol. The molecule has 1 heterocycles. The van der Waals surface area contributed by atoms with Gasteiger partial charge in [-0.2, -0.15) is 0 Å². The van der Waals surface area contributed by atoms with E-state index in [4.69, 9.17) is 14.2 Å². The third-order valence-corrected chi connectivity index (χ3v) is 5.33. The molecule has 6 nitrogen and oxygen atoms in total. The van der Waals surface area contributed by atoms with E-state index < -0.39 is 24.1 Å². The molecule has 27 heavy (non-hydrogen) atoms. The molecule has 6 heteroatoms. The summed E-state index contributed by atoms with van der Waals surface area (Å²) in [5, 5.41) is 0. The van der Waals surface area contributed by atoms with Gasteiger partial charge in [0.2, 0.25) is 0 Å². The lowest BCUT2D eigenvalue weighted by Crippen LogP contribution is -2.27. The van der Waals surface area contributed by atoms with Crippen LogP contribution in [0, 0.1) is 11.8 Å². The fourth-order valence-corrected chi connectivity index (χ4v) is 3.19. The molecule has 148 valence electrons. The lowest BCUT2D eigenvalue weighted by molar-refractivity contribution is -0.147. The Hall–Kier alpha value is -2.21. The fourth-order valence-electron chi connectivity index (χ4n) is 3.19. The van der Waals surface area contributed by atoms with E-state index in [0.29, 0.717) is 24.8 Å². The number of esters is 2. The van der Waals surface area contributed by atoms with Gasteiger partial charge in [-0.3, -0.25) is 9.59 Å². The summed E-state index contributed by atoms with van der Waals surface area (Å²) in [6, 6.07) is 0. The molecular weight excluding hydrogens is 348 g/mol. The number of carbonyl (C=O) groups excluding carboxylic acids is 3. The number of Topliss-reactive ketones (excluding diaryl/α,β-unsaturated/α-hetero) is 1. The van der Waals surface area contributed by atoms with Crippen molar-refractivity contribution in [2.45, 2.75) is 51.7 Å². The molecule has 4 atom stereocenters. The van der Waals surface area contributed by atoms with Crippen molar-refractivity contribution >= 4 is 17.7 Å². The highest BCUT2D eigenvalue weighted by atomic mass is 16.6. The van der Waals surface area contributed by atoms with E-state index in [1.54, 1.807) is 6.08 Å². The van der Waals surface area contributed by atoms with Crippen LogP contribution in [0.25, 0.3) is 0 Å². The van der Waals surface area contributed by atoms with Crippen LogP contribution in [0.5, 0.6) is 0 Å². The zero-order valence-electron chi connectivity index (χ0n) is 16.3. The smallest absolute Gasteiger partial charge is 0.334 e. The minimum atomic E-state index is -0.585. The van der Waals surface area contributed by atoms with Crippen molar-refractivity contribution in [3.63, 3.8) is 0 Å². The minimum absolute atomic E-state index is 0.0877. The predicted octanol–water partition coefficient (Wildman–Crippen LogP) is 2.92. The number of hydrogen-bond donors (Lipinski definition) is 0. The third-order valence-electron chi connectivity index (χ3n) is 5.33. The van der Waals surface area contributed by atoms with E-state index in [-0.39, 0.29) is 36.3 Å². The Kier molecular flexibility index (Phi) is 7.13. The molecule has 0 radical (unpaired) electrons. The first-order valence-electron chi connectivity index (χ1n) is 9.29. The van der Waals surface area contributed by atoms with Crippen molar-refractivity contribution in [3.05, 3.63) is 36.0 Å². The molecule has 1 aliphatic carbocycles. The largest absolute Gasteiger partial charge is 0.461 e. The Bertz CT molecular complexity index is 674. The van der Waals surface area contributed by atoms with E-state index in [0.717, 1.165) is 5.57 Å². The van der Waals surface area contributed by atoms with Crippen LogP contribution >= 0.6 is 0 Å². The summed E-state index contributed by atoms with van der Waals surface area (Å²) in [5.41, 5.74) is 1.48. The van der Waals surface area contributed by atoms with Gasteiger partial charge >= 0.3 is 11.9 Å². The maximum absolute atomic E-state index is 12.5. The van der Waals surface area contributed by atoms with Gasteiger partial charge in [-0.05, 0) is 30.9 Å². The number of ether oxygens (including phenoxy) is 3.